The molecule has 148 valence electrons. The molecule has 0 bridgehead atoms. The summed E-state index contributed by atoms with van der Waals surface area (Å²) in [5, 5.41) is 18.4. The van der Waals surface area contributed by atoms with Crippen LogP contribution in [-0.4, -0.2) is 53.3 Å². The van der Waals surface area contributed by atoms with Crippen LogP contribution in [0.3, 0.4) is 0 Å². The topological polar surface area (TPSA) is 74.6 Å². The molecule has 4 nitrogen and oxygen atoms in total. The van der Waals surface area contributed by atoms with Gasteiger partial charge in [-0.15, -0.1) is 60.2 Å². The highest BCUT2D eigenvalue weighted by atomic mass is 32.2. The first-order valence-electron chi connectivity index (χ1n) is 8.54. The molecule has 0 aromatic heterocycles. The molecule has 2 aliphatic rings. The van der Waals surface area contributed by atoms with E-state index < -0.39 is 20.1 Å². The number of aliphatic carboxylic acids is 2. The fourth-order valence-corrected chi connectivity index (χ4v) is 8.90. The third kappa shape index (κ3) is 5.42. The minimum atomic E-state index is -0.713. The maximum atomic E-state index is 11.2. The highest BCUT2D eigenvalue weighted by molar-refractivity contribution is 8.20. The van der Waals surface area contributed by atoms with Crippen molar-refractivity contribution in [1.29, 1.82) is 0 Å². The lowest BCUT2D eigenvalue weighted by Gasteiger charge is -2.35. The van der Waals surface area contributed by atoms with Gasteiger partial charge in [-0.3, -0.25) is 0 Å². The van der Waals surface area contributed by atoms with Crippen molar-refractivity contribution in [3.63, 3.8) is 0 Å². The Morgan fingerprint density at radius 2 is 1.08 bits per heavy atom. The van der Waals surface area contributed by atoms with E-state index in [-0.39, 0.29) is 11.8 Å². The smallest absolute Gasteiger partial charge is 0.330 e. The lowest BCUT2D eigenvalue weighted by atomic mass is 10.1. The van der Waals surface area contributed by atoms with Crippen molar-refractivity contribution < 1.29 is 19.8 Å². The second-order valence-corrected chi connectivity index (χ2v) is 12.0. The predicted molar refractivity (Wildman–Crippen MR) is 119 cm³/mol. The van der Waals surface area contributed by atoms with Gasteiger partial charge in [0.05, 0.1) is 0 Å². The Morgan fingerprint density at radius 1 is 0.808 bits per heavy atom. The standard InChI is InChI=1S/2C9H14O2S2/c2*1-3-7(2)9(8(10)11)12-5-4-6-13-9/h2*3,7H,1,4-6H2,2H3,(H,10,11)/t2*7-/m00/s1. The highest BCUT2D eigenvalue weighted by Crippen LogP contribution is 2.48. The van der Waals surface area contributed by atoms with Gasteiger partial charge >= 0.3 is 11.9 Å². The van der Waals surface area contributed by atoms with Crippen molar-refractivity contribution >= 4 is 59.0 Å². The molecule has 2 rings (SSSR count). The van der Waals surface area contributed by atoms with Gasteiger partial charge in [-0.25, -0.2) is 9.59 Å². The summed E-state index contributed by atoms with van der Waals surface area (Å²) in [6.45, 7) is 11.2. The van der Waals surface area contributed by atoms with Crippen LogP contribution in [0.15, 0.2) is 25.3 Å². The number of rotatable bonds is 6. The third-order valence-corrected chi connectivity index (χ3v) is 11.6. The SMILES string of the molecule is C=C[C@H](C)C1(C(=O)O)SCCCS1.C=C[C@H](C)C1(C(=O)O)SCCCS1. The van der Waals surface area contributed by atoms with Crippen LogP contribution in [-0.2, 0) is 9.59 Å². The minimum absolute atomic E-state index is 0.0142. The molecule has 0 amide bonds. The van der Waals surface area contributed by atoms with E-state index in [1.807, 2.05) is 13.8 Å². The number of allylic oxidation sites excluding steroid dienone is 2. The Kier molecular flexibility index (Phi) is 10.1. The zero-order valence-electron chi connectivity index (χ0n) is 15.3. The molecule has 2 aliphatic heterocycles. The van der Waals surface area contributed by atoms with Crippen molar-refractivity contribution in [2.45, 2.75) is 34.8 Å². The summed E-state index contributed by atoms with van der Waals surface area (Å²) in [4.78, 5) is 22.4. The maximum absolute atomic E-state index is 11.2. The lowest BCUT2D eigenvalue weighted by molar-refractivity contribution is -0.139. The van der Waals surface area contributed by atoms with Gasteiger partial charge in [0.15, 0.2) is 8.16 Å². The number of carboxylic acid groups (broad SMARTS) is 2. The fourth-order valence-electron chi connectivity index (χ4n) is 2.57. The summed E-state index contributed by atoms with van der Waals surface area (Å²) in [6, 6.07) is 0. The van der Waals surface area contributed by atoms with Crippen LogP contribution in [0.5, 0.6) is 0 Å². The third-order valence-electron chi connectivity index (χ3n) is 4.35. The van der Waals surface area contributed by atoms with Gasteiger partial charge in [-0.1, -0.05) is 26.0 Å². The van der Waals surface area contributed by atoms with E-state index in [4.69, 9.17) is 0 Å². The van der Waals surface area contributed by atoms with Crippen LogP contribution in [0.2, 0.25) is 0 Å². The normalized spacial score (nSPS) is 23.5. The Labute approximate surface area is 173 Å². The number of carbonyl (C=O) groups is 2. The van der Waals surface area contributed by atoms with E-state index in [1.54, 1.807) is 59.2 Å². The van der Waals surface area contributed by atoms with Crippen molar-refractivity contribution in [2.24, 2.45) is 11.8 Å². The van der Waals surface area contributed by atoms with Crippen LogP contribution >= 0.6 is 47.0 Å². The van der Waals surface area contributed by atoms with Crippen molar-refractivity contribution in [1.82, 2.24) is 0 Å². The molecule has 0 aromatic rings. The molecule has 0 aliphatic carbocycles. The molecule has 2 fully saturated rings. The molecule has 0 radical (unpaired) electrons. The molecule has 0 spiro atoms. The molecule has 2 N–H and O–H groups in total. The van der Waals surface area contributed by atoms with E-state index in [0.717, 1.165) is 35.9 Å². The summed E-state index contributed by atoms with van der Waals surface area (Å²) in [5.41, 5.74) is 0. The van der Waals surface area contributed by atoms with E-state index in [9.17, 15) is 19.8 Å². The van der Waals surface area contributed by atoms with Gasteiger partial charge in [0.25, 0.3) is 0 Å². The minimum Gasteiger partial charge on any atom is -0.480 e. The van der Waals surface area contributed by atoms with Gasteiger partial charge in [0.2, 0.25) is 0 Å². The average Bonchev–Trinajstić information content (AvgIpc) is 2.67. The zero-order valence-corrected chi connectivity index (χ0v) is 18.6. The van der Waals surface area contributed by atoms with Gasteiger partial charge in [0.1, 0.15) is 0 Å². The molecular weight excluding hydrogens is 408 g/mol. The largest absolute Gasteiger partial charge is 0.480 e. The van der Waals surface area contributed by atoms with Gasteiger partial charge in [-0.05, 0) is 35.9 Å². The van der Waals surface area contributed by atoms with Crippen molar-refractivity contribution in [2.75, 3.05) is 23.0 Å². The molecule has 26 heavy (non-hydrogen) atoms. The van der Waals surface area contributed by atoms with Gasteiger partial charge < -0.3 is 10.2 Å². The molecule has 2 saturated heterocycles. The number of hydrogen-bond acceptors (Lipinski definition) is 6. The first-order valence-corrected chi connectivity index (χ1v) is 12.5. The summed E-state index contributed by atoms with van der Waals surface area (Å²) in [5.74, 6) is 2.37. The second kappa shape index (κ2) is 11.0. The Morgan fingerprint density at radius 3 is 1.27 bits per heavy atom. The fraction of sp³-hybridized carbons (Fsp3) is 0.667. The van der Waals surface area contributed by atoms with E-state index >= 15 is 0 Å². The first-order chi connectivity index (χ1) is 12.3. The van der Waals surface area contributed by atoms with Crippen molar-refractivity contribution in [3.05, 3.63) is 25.3 Å². The van der Waals surface area contributed by atoms with Crippen LogP contribution in [0.4, 0.5) is 0 Å². The predicted octanol–water partition coefficient (Wildman–Crippen LogP) is 4.92. The van der Waals surface area contributed by atoms with Crippen LogP contribution < -0.4 is 0 Å². The summed E-state index contributed by atoms with van der Waals surface area (Å²) in [6.07, 6.45) is 5.68. The summed E-state index contributed by atoms with van der Waals surface area (Å²) >= 11 is 6.17. The number of thioether (sulfide) groups is 4. The molecule has 0 unspecified atom stereocenters. The Bertz CT molecular complexity index is 465. The maximum Gasteiger partial charge on any atom is 0.330 e. The van der Waals surface area contributed by atoms with Crippen molar-refractivity contribution in [3.8, 4) is 0 Å². The van der Waals surface area contributed by atoms with Gasteiger partial charge in [-0.2, -0.15) is 0 Å². The molecule has 2 heterocycles. The van der Waals surface area contributed by atoms with E-state index in [2.05, 4.69) is 13.2 Å². The molecular formula is C18H28O4S4. The molecule has 0 aromatic carbocycles. The van der Waals surface area contributed by atoms with Crippen LogP contribution in [0.25, 0.3) is 0 Å². The number of carboxylic acids is 2. The Balaban J connectivity index is 0.000000260. The first kappa shape index (κ1) is 23.9. The quantitative estimate of drug-likeness (QED) is 0.568. The van der Waals surface area contributed by atoms with Crippen LogP contribution in [0.1, 0.15) is 26.7 Å². The summed E-state index contributed by atoms with van der Waals surface area (Å²) in [7, 11) is 0. The Hall–Kier alpha value is -0.180. The zero-order chi connectivity index (χ0) is 19.8. The van der Waals surface area contributed by atoms with Crippen LogP contribution in [0, 0.1) is 11.8 Å². The van der Waals surface area contributed by atoms with Gasteiger partial charge in [0, 0.05) is 11.8 Å². The second-order valence-electron chi connectivity index (χ2n) is 6.10. The molecule has 0 saturated carbocycles. The lowest BCUT2D eigenvalue weighted by Crippen LogP contribution is -2.40. The van der Waals surface area contributed by atoms with E-state index in [0.29, 0.717) is 0 Å². The molecule has 2 atom stereocenters. The summed E-state index contributed by atoms with van der Waals surface area (Å²) < 4.78 is -1.36. The average molecular weight is 437 g/mol. The number of hydrogen-bond donors (Lipinski definition) is 2. The highest BCUT2D eigenvalue weighted by Gasteiger charge is 2.46. The monoisotopic (exact) mass is 436 g/mol. The molecule has 8 heteroatoms. The van der Waals surface area contributed by atoms with E-state index in [1.165, 1.54) is 0 Å².